The van der Waals surface area contributed by atoms with E-state index >= 15 is 0 Å². The van der Waals surface area contributed by atoms with Crippen LogP contribution >= 0.6 is 11.8 Å². The molecule has 0 radical (unpaired) electrons. The van der Waals surface area contributed by atoms with Crippen molar-refractivity contribution in [1.29, 1.82) is 0 Å². The molecule has 0 unspecified atom stereocenters. The van der Waals surface area contributed by atoms with Gasteiger partial charge < -0.3 is 14.8 Å². The average Bonchev–Trinajstić information content (AvgIpc) is 3.09. The first-order valence-corrected chi connectivity index (χ1v) is 11.5. The minimum Gasteiger partial charge on any atom is -0.331 e. The molecule has 8 heteroatoms. The summed E-state index contributed by atoms with van der Waals surface area (Å²) < 4.78 is 2.18. The Balaban J connectivity index is 2.14. The summed E-state index contributed by atoms with van der Waals surface area (Å²) in [7, 11) is 4.26. The molecule has 2 aromatic rings. The maximum Gasteiger partial charge on any atom is 0.237 e. The van der Waals surface area contributed by atoms with Crippen LogP contribution in [0.3, 0.4) is 0 Å². The van der Waals surface area contributed by atoms with E-state index in [-0.39, 0.29) is 23.0 Å². The van der Waals surface area contributed by atoms with Crippen molar-refractivity contribution >= 4 is 29.1 Å². The maximum atomic E-state index is 12.7. The average molecular weight is 433 g/mol. The largest absolute Gasteiger partial charge is 0.331 e. The van der Waals surface area contributed by atoms with Gasteiger partial charge in [0.2, 0.25) is 5.91 Å². The third-order valence-electron chi connectivity index (χ3n) is 5.11. The van der Waals surface area contributed by atoms with Crippen molar-refractivity contribution in [1.82, 2.24) is 14.8 Å². The van der Waals surface area contributed by atoms with E-state index < -0.39 is 0 Å². The first-order chi connectivity index (χ1) is 14.3. The van der Waals surface area contributed by atoms with Crippen molar-refractivity contribution < 1.29 is 14.5 Å². The number of quaternary nitrogens is 1. The Morgan fingerprint density at radius 3 is 2.37 bits per heavy atom. The molecule has 0 spiro atoms. The second kappa shape index (κ2) is 11.3. The number of benzene rings is 1. The van der Waals surface area contributed by atoms with Crippen molar-refractivity contribution in [2.75, 3.05) is 19.4 Å². The molecule has 0 aliphatic heterocycles. The van der Waals surface area contributed by atoms with Crippen LogP contribution in [0.2, 0.25) is 0 Å². The van der Waals surface area contributed by atoms with Crippen molar-refractivity contribution in [3.63, 3.8) is 0 Å². The summed E-state index contributed by atoms with van der Waals surface area (Å²) in [6.07, 6.45) is 3.10. The van der Waals surface area contributed by atoms with Gasteiger partial charge in [0.25, 0.3) is 0 Å². The lowest BCUT2D eigenvalue weighted by molar-refractivity contribution is -0.893. The van der Waals surface area contributed by atoms with Crippen molar-refractivity contribution in [3.8, 4) is 0 Å². The van der Waals surface area contributed by atoms with Gasteiger partial charge in [-0.25, -0.2) is 0 Å². The zero-order valence-corrected chi connectivity index (χ0v) is 19.7. The Morgan fingerprint density at radius 1 is 1.17 bits per heavy atom. The number of aromatic nitrogens is 3. The lowest BCUT2D eigenvalue weighted by Crippen LogP contribution is -3.06. The third kappa shape index (κ3) is 6.15. The van der Waals surface area contributed by atoms with Gasteiger partial charge in [-0.1, -0.05) is 32.0 Å². The van der Waals surface area contributed by atoms with Gasteiger partial charge in [-0.2, -0.15) is 0 Å². The first-order valence-electron chi connectivity index (χ1n) is 10.6. The lowest BCUT2D eigenvalue weighted by atomic mass is 10.1. The number of hydrogen-bond acceptors (Lipinski definition) is 5. The fourth-order valence-corrected chi connectivity index (χ4v) is 4.15. The third-order valence-corrected chi connectivity index (χ3v) is 6.19. The fraction of sp³-hybridized carbons (Fsp3) is 0.545. The predicted molar refractivity (Wildman–Crippen MR) is 121 cm³/mol. The standard InChI is InChI=1S/C22H33N5O2S/c1-7-9-14-27-20(19(8-2)26(5)6)24-25-22(27)30-16(4)21(29)23-18-12-10-17(11-13-18)15(3)28/h10-13,16,19H,7-9,14H2,1-6H3,(H,23,29)/p+1/t16-,19+/m0/s1. The Morgan fingerprint density at radius 2 is 1.83 bits per heavy atom. The molecule has 1 amide bonds. The van der Waals surface area contributed by atoms with Gasteiger partial charge in [0, 0.05) is 24.2 Å². The lowest BCUT2D eigenvalue weighted by Gasteiger charge is -2.20. The molecule has 0 fully saturated rings. The number of ketones is 1. The van der Waals surface area contributed by atoms with Crippen LogP contribution in [0.4, 0.5) is 5.69 Å². The summed E-state index contributed by atoms with van der Waals surface area (Å²) in [5.41, 5.74) is 1.30. The van der Waals surface area contributed by atoms with Gasteiger partial charge in [-0.3, -0.25) is 9.59 Å². The van der Waals surface area contributed by atoms with Gasteiger partial charge in [-0.05, 0) is 44.5 Å². The highest BCUT2D eigenvalue weighted by atomic mass is 32.2. The Hall–Kier alpha value is -2.19. The van der Waals surface area contributed by atoms with Crippen LogP contribution in [0.1, 0.15) is 69.2 Å². The van der Waals surface area contributed by atoms with E-state index in [9.17, 15) is 9.59 Å². The minimum atomic E-state index is -0.332. The molecule has 1 aromatic heterocycles. The highest BCUT2D eigenvalue weighted by molar-refractivity contribution is 8.00. The predicted octanol–water partition coefficient (Wildman–Crippen LogP) is 3.00. The van der Waals surface area contributed by atoms with Crippen molar-refractivity contribution in [2.45, 2.75) is 70.0 Å². The van der Waals surface area contributed by atoms with E-state index in [0.29, 0.717) is 11.3 Å². The molecule has 1 heterocycles. The number of amides is 1. The zero-order valence-electron chi connectivity index (χ0n) is 18.9. The van der Waals surface area contributed by atoms with Crippen LogP contribution < -0.4 is 10.2 Å². The molecule has 164 valence electrons. The molecule has 2 N–H and O–H groups in total. The van der Waals surface area contributed by atoms with Crippen LogP contribution in [0, 0.1) is 0 Å². The maximum absolute atomic E-state index is 12.7. The number of thioether (sulfide) groups is 1. The number of carbonyl (C=O) groups is 2. The molecular weight excluding hydrogens is 398 g/mol. The number of rotatable bonds is 11. The number of hydrogen-bond donors (Lipinski definition) is 2. The Labute approximate surface area is 183 Å². The Kier molecular flexibility index (Phi) is 9.05. The fourth-order valence-electron chi connectivity index (χ4n) is 3.26. The molecule has 0 aliphatic rings. The van der Waals surface area contributed by atoms with Crippen LogP contribution in [0.15, 0.2) is 29.4 Å². The van der Waals surface area contributed by atoms with E-state index in [1.165, 1.54) is 23.6 Å². The second-order valence-corrected chi connectivity index (χ2v) is 9.07. The van der Waals surface area contributed by atoms with Crippen molar-refractivity contribution in [3.05, 3.63) is 35.7 Å². The first kappa shape index (κ1) is 24.1. The molecule has 0 bridgehead atoms. The summed E-state index contributed by atoms with van der Waals surface area (Å²) in [6.45, 7) is 8.58. The SMILES string of the molecule is CCCCn1c(S[C@@H](C)C(=O)Nc2ccc(C(C)=O)cc2)nnc1[C@@H](CC)[NH+](C)C. The smallest absolute Gasteiger partial charge is 0.237 e. The molecule has 7 nitrogen and oxygen atoms in total. The molecule has 1 aromatic carbocycles. The normalized spacial score (nSPS) is 13.3. The number of unbranched alkanes of at least 4 members (excludes halogenated alkanes) is 1. The number of carbonyl (C=O) groups excluding carboxylic acids is 2. The molecule has 0 saturated heterocycles. The number of anilines is 1. The van der Waals surface area contributed by atoms with E-state index in [2.05, 4.69) is 48.0 Å². The van der Waals surface area contributed by atoms with Gasteiger partial charge in [-0.15, -0.1) is 10.2 Å². The summed E-state index contributed by atoms with van der Waals surface area (Å²) in [5, 5.41) is 12.3. The molecular formula is C22H34N5O2S+. The van der Waals surface area contributed by atoms with Gasteiger partial charge >= 0.3 is 0 Å². The highest BCUT2D eigenvalue weighted by Gasteiger charge is 2.26. The van der Waals surface area contributed by atoms with E-state index in [1.807, 2.05) is 6.92 Å². The van der Waals surface area contributed by atoms with Crippen LogP contribution in [-0.4, -0.2) is 45.8 Å². The number of nitrogens with zero attached hydrogens (tertiary/aromatic N) is 3. The number of Topliss-reactive ketones (excluding diaryl/α,β-unsaturated/α-hetero) is 1. The van der Waals surface area contributed by atoms with E-state index in [4.69, 9.17) is 0 Å². The monoisotopic (exact) mass is 432 g/mol. The van der Waals surface area contributed by atoms with Crippen LogP contribution in [-0.2, 0) is 11.3 Å². The van der Waals surface area contributed by atoms with E-state index in [0.717, 1.165) is 36.8 Å². The zero-order chi connectivity index (χ0) is 22.3. The van der Waals surface area contributed by atoms with Gasteiger partial charge in [0.15, 0.2) is 16.8 Å². The minimum absolute atomic E-state index is 0.00367. The molecule has 30 heavy (non-hydrogen) atoms. The van der Waals surface area contributed by atoms with Crippen LogP contribution in [0.25, 0.3) is 0 Å². The summed E-state index contributed by atoms with van der Waals surface area (Å²) in [6, 6.07) is 7.21. The molecule has 0 saturated carbocycles. The van der Waals surface area contributed by atoms with E-state index in [1.54, 1.807) is 24.3 Å². The second-order valence-electron chi connectivity index (χ2n) is 7.77. The summed E-state index contributed by atoms with van der Waals surface area (Å²) in [4.78, 5) is 25.4. The summed E-state index contributed by atoms with van der Waals surface area (Å²) >= 11 is 1.43. The quantitative estimate of drug-likeness (QED) is 0.421. The van der Waals surface area contributed by atoms with Gasteiger partial charge in [0.05, 0.1) is 19.3 Å². The summed E-state index contributed by atoms with van der Waals surface area (Å²) in [5.74, 6) is 0.886. The number of nitrogens with one attached hydrogen (secondary N) is 2. The topological polar surface area (TPSA) is 81.3 Å². The van der Waals surface area contributed by atoms with Gasteiger partial charge in [0.1, 0.15) is 6.04 Å². The van der Waals surface area contributed by atoms with Crippen molar-refractivity contribution in [2.24, 2.45) is 0 Å². The molecule has 2 atom stereocenters. The Bertz CT molecular complexity index is 848. The highest BCUT2D eigenvalue weighted by Crippen LogP contribution is 2.26. The molecule has 2 rings (SSSR count). The molecule has 0 aliphatic carbocycles. The van der Waals surface area contributed by atoms with Crippen LogP contribution in [0.5, 0.6) is 0 Å².